The summed E-state index contributed by atoms with van der Waals surface area (Å²) in [6, 6.07) is 3.39. The Kier molecular flexibility index (Phi) is 6.98. The Bertz CT molecular complexity index is 449. The van der Waals surface area contributed by atoms with Crippen molar-refractivity contribution in [2.75, 3.05) is 18.4 Å². The summed E-state index contributed by atoms with van der Waals surface area (Å²) in [5.41, 5.74) is 1.06. The quantitative estimate of drug-likeness (QED) is 0.724. The first-order chi connectivity index (χ1) is 9.92. The van der Waals surface area contributed by atoms with E-state index in [0.29, 0.717) is 6.42 Å². The van der Waals surface area contributed by atoms with Gasteiger partial charge in [-0.2, -0.15) is 13.2 Å². The van der Waals surface area contributed by atoms with Crippen LogP contribution in [0.25, 0.3) is 0 Å². The lowest BCUT2D eigenvalue weighted by Gasteiger charge is -2.08. The van der Waals surface area contributed by atoms with Crippen LogP contribution in [0.1, 0.15) is 43.1 Å². The number of amides is 1. The zero-order valence-electron chi connectivity index (χ0n) is 12.0. The number of unbranched alkanes of at least 4 members (excludes halogenated alkanes) is 1. The Labute approximate surface area is 122 Å². The third kappa shape index (κ3) is 7.53. The number of hydrogen-bond donors (Lipinski definition) is 2. The average molecular weight is 303 g/mol. The van der Waals surface area contributed by atoms with E-state index in [-0.39, 0.29) is 24.6 Å². The molecule has 0 aliphatic rings. The van der Waals surface area contributed by atoms with E-state index < -0.39 is 12.6 Å². The lowest BCUT2D eigenvalue weighted by atomic mass is 10.2. The molecule has 118 valence electrons. The third-order valence-corrected chi connectivity index (χ3v) is 2.74. The highest BCUT2D eigenvalue weighted by Crippen LogP contribution is 2.21. The van der Waals surface area contributed by atoms with Crippen molar-refractivity contribution in [1.82, 2.24) is 10.3 Å². The fourth-order valence-electron chi connectivity index (χ4n) is 1.68. The maximum Gasteiger partial charge on any atom is 0.389 e. The number of pyridine rings is 1. The first kappa shape index (κ1) is 17.3. The topological polar surface area (TPSA) is 54.0 Å². The second kappa shape index (κ2) is 8.49. The number of carbonyl (C=O) groups is 1. The number of aromatic nitrogens is 1. The minimum absolute atomic E-state index is 0.00923. The van der Waals surface area contributed by atoms with Crippen molar-refractivity contribution >= 4 is 11.6 Å². The Morgan fingerprint density at radius 2 is 2.05 bits per heavy atom. The van der Waals surface area contributed by atoms with Crippen molar-refractivity contribution in [2.45, 2.75) is 38.8 Å². The second-order valence-electron chi connectivity index (χ2n) is 4.68. The number of rotatable bonds is 8. The summed E-state index contributed by atoms with van der Waals surface area (Å²) in [5, 5.41) is 5.71. The molecule has 21 heavy (non-hydrogen) atoms. The van der Waals surface area contributed by atoms with E-state index in [0.717, 1.165) is 18.7 Å². The molecule has 7 heteroatoms. The summed E-state index contributed by atoms with van der Waals surface area (Å²) >= 11 is 0. The molecule has 0 bridgehead atoms. The van der Waals surface area contributed by atoms with Crippen LogP contribution in [0.2, 0.25) is 0 Å². The first-order valence-corrected chi connectivity index (χ1v) is 6.97. The van der Waals surface area contributed by atoms with E-state index >= 15 is 0 Å². The van der Waals surface area contributed by atoms with Crippen LogP contribution in [0.15, 0.2) is 18.3 Å². The molecule has 0 spiro atoms. The maximum atomic E-state index is 11.9. The second-order valence-corrected chi connectivity index (χ2v) is 4.68. The Morgan fingerprint density at radius 3 is 2.71 bits per heavy atom. The van der Waals surface area contributed by atoms with E-state index in [9.17, 15) is 18.0 Å². The summed E-state index contributed by atoms with van der Waals surface area (Å²) in [6.07, 6.45) is -2.17. The number of halogens is 3. The predicted molar refractivity (Wildman–Crippen MR) is 75.3 cm³/mol. The molecule has 0 aliphatic carbocycles. The molecule has 1 amide bonds. The van der Waals surface area contributed by atoms with E-state index in [4.69, 9.17) is 0 Å². The van der Waals surface area contributed by atoms with Crippen molar-refractivity contribution in [3.05, 3.63) is 24.0 Å². The van der Waals surface area contributed by atoms with Crippen molar-refractivity contribution < 1.29 is 18.0 Å². The fraction of sp³-hybridized carbons (Fsp3) is 0.571. The largest absolute Gasteiger partial charge is 0.389 e. The van der Waals surface area contributed by atoms with Crippen molar-refractivity contribution in [3.8, 4) is 0 Å². The van der Waals surface area contributed by atoms with Gasteiger partial charge in [0.15, 0.2) is 0 Å². The molecule has 0 unspecified atom stereocenters. The molecule has 0 aromatic carbocycles. The summed E-state index contributed by atoms with van der Waals surface area (Å²) < 4.78 is 35.8. The molecule has 0 radical (unpaired) electrons. The number of nitrogens with zero attached hydrogens (tertiary/aromatic N) is 1. The molecule has 0 aliphatic heterocycles. The lowest BCUT2D eigenvalue weighted by Crippen LogP contribution is -2.25. The minimum atomic E-state index is -4.13. The molecule has 0 fully saturated rings. The highest BCUT2D eigenvalue weighted by molar-refractivity contribution is 5.93. The molecule has 1 aromatic heterocycles. The van der Waals surface area contributed by atoms with Gasteiger partial charge in [-0.25, -0.2) is 0 Å². The SMILES string of the molecule is CCCNc1ccnc(C(=O)NCCCCC(F)(F)F)c1. The van der Waals surface area contributed by atoms with Gasteiger partial charge >= 0.3 is 6.18 Å². The van der Waals surface area contributed by atoms with E-state index in [1.807, 2.05) is 6.92 Å². The molecular weight excluding hydrogens is 283 g/mol. The van der Waals surface area contributed by atoms with Gasteiger partial charge in [-0.1, -0.05) is 6.92 Å². The van der Waals surface area contributed by atoms with E-state index in [2.05, 4.69) is 15.6 Å². The molecule has 0 saturated heterocycles. The molecule has 2 N–H and O–H groups in total. The Balaban J connectivity index is 2.35. The summed E-state index contributed by atoms with van der Waals surface area (Å²) in [6.45, 7) is 3.04. The third-order valence-electron chi connectivity index (χ3n) is 2.74. The molecule has 4 nitrogen and oxygen atoms in total. The highest BCUT2D eigenvalue weighted by Gasteiger charge is 2.25. The van der Waals surface area contributed by atoms with Gasteiger partial charge in [0, 0.05) is 31.4 Å². The van der Waals surface area contributed by atoms with Crippen LogP contribution in [0.3, 0.4) is 0 Å². The number of hydrogen-bond acceptors (Lipinski definition) is 3. The van der Waals surface area contributed by atoms with Crippen LogP contribution < -0.4 is 10.6 Å². The van der Waals surface area contributed by atoms with Gasteiger partial charge in [-0.15, -0.1) is 0 Å². The minimum Gasteiger partial charge on any atom is -0.385 e. The van der Waals surface area contributed by atoms with Gasteiger partial charge in [0.2, 0.25) is 0 Å². The molecule has 1 aromatic rings. The van der Waals surface area contributed by atoms with Gasteiger partial charge in [-0.3, -0.25) is 9.78 Å². The van der Waals surface area contributed by atoms with Crippen molar-refractivity contribution in [1.29, 1.82) is 0 Å². The first-order valence-electron chi connectivity index (χ1n) is 6.97. The summed E-state index contributed by atoms with van der Waals surface area (Å²) in [5.74, 6) is -0.373. The van der Waals surface area contributed by atoms with Crippen LogP contribution in [-0.4, -0.2) is 30.2 Å². The number of anilines is 1. The molecule has 1 heterocycles. The molecule has 0 saturated carbocycles. The van der Waals surface area contributed by atoms with Gasteiger partial charge in [0.1, 0.15) is 5.69 Å². The monoisotopic (exact) mass is 303 g/mol. The Hall–Kier alpha value is -1.79. The molecule has 1 rings (SSSR count). The van der Waals surface area contributed by atoms with Crippen LogP contribution in [-0.2, 0) is 0 Å². The zero-order chi connectivity index (χ0) is 15.7. The Morgan fingerprint density at radius 1 is 1.29 bits per heavy atom. The van der Waals surface area contributed by atoms with Gasteiger partial charge < -0.3 is 10.6 Å². The number of nitrogens with one attached hydrogen (secondary N) is 2. The van der Waals surface area contributed by atoms with E-state index in [1.165, 1.54) is 6.20 Å². The number of carbonyl (C=O) groups excluding carboxylic acids is 1. The zero-order valence-corrected chi connectivity index (χ0v) is 12.0. The van der Waals surface area contributed by atoms with E-state index in [1.54, 1.807) is 12.1 Å². The predicted octanol–water partition coefficient (Wildman–Crippen LogP) is 3.37. The highest BCUT2D eigenvalue weighted by atomic mass is 19.4. The lowest BCUT2D eigenvalue weighted by molar-refractivity contribution is -0.135. The average Bonchev–Trinajstić information content (AvgIpc) is 2.43. The number of alkyl halides is 3. The van der Waals surface area contributed by atoms with Gasteiger partial charge in [0.05, 0.1) is 0 Å². The van der Waals surface area contributed by atoms with Crippen molar-refractivity contribution in [3.63, 3.8) is 0 Å². The summed E-state index contributed by atoms with van der Waals surface area (Å²) in [7, 11) is 0. The summed E-state index contributed by atoms with van der Waals surface area (Å²) in [4.78, 5) is 15.8. The fourth-order valence-corrected chi connectivity index (χ4v) is 1.68. The normalized spacial score (nSPS) is 11.2. The van der Waals surface area contributed by atoms with Crippen molar-refractivity contribution in [2.24, 2.45) is 0 Å². The van der Waals surface area contributed by atoms with Gasteiger partial charge in [-0.05, 0) is 31.4 Å². The van der Waals surface area contributed by atoms with Crippen LogP contribution in [0.4, 0.5) is 18.9 Å². The van der Waals surface area contributed by atoms with Crippen LogP contribution in [0, 0.1) is 0 Å². The maximum absolute atomic E-state index is 11.9. The molecule has 0 atom stereocenters. The standard InChI is InChI=1S/C14H20F3N3O/c1-2-7-18-11-5-9-19-12(10-11)13(21)20-8-4-3-6-14(15,16)17/h5,9-10H,2-4,6-8H2,1H3,(H,18,19)(H,20,21). The van der Waals surface area contributed by atoms with Gasteiger partial charge in [0.25, 0.3) is 5.91 Å². The smallest absolute Gasteiger partial charge is 0.385 e. The molecular formula is C14H20F3N3O. The van der Waals surface area contributed by atoms with Crippen LogP contribution in [0.5, 0.6) is 0 Å². The van der Waals surface area contributed by atoms with Crippen LogP contribution >= 0.6 is 0 Å².